The molecule has 6 nitrogen and oxygen atoms in total. The Bertz CT molecular complexity index is 839. The van der Waals surface area contributed by atoms with Crippen LogP contribution < -0.4 is 15.9 Å². The Morgan fingerprint density at radius 3 is 3.12 bits per heavy atom. The predicted octanol–water partition coefficient (Wildman–Crippen LogP) is 1.35. The van der Waals surface area contributed by atoms with Gasteiger partial charge in [-0.15, -0.1) is 0 Å². The van der Waals surface area contributed by atoms with E-state index < -0.39 is 11.6 Å². The van der Waals surface area contributed by atoms with Crippen LogP contribution in [0.15, 0.2) is 29.1 Å². The fraction of sp³-hybridized carbons (Fsp3) is 0.375. The highest BCUT2D eigenvalue weighted by atomic mass is 19.2. The summed E-state index contributed by atoms with van der Waals surface area (Å²) in [6.45, 7) is 2.51. The van der Waals surface area contributed by atoms with Crippen molar-refractivity contribution in [2.45, 2.75) is 19.1 Å². The third kappa shape index (κ3) is 2.52. The molecule has 1 atom stereocenters. The maximum absolute atomic E-state index is 13.7. The summed E-state index contributed by atoms with van der Waals surface area (Å²) in [5.74, 6) is -0.656. The fourth-order valence-electron chi connectivity index (χ4n) is 3.18. The lowest BCUT2D eigenvalue weighted by molar-refractivity contribution is 0.0956. The van der Waals surface area contributed by atoms with E-state index in [2.05, 4.69) is 15.2 Å². The summed E-state index contributed by atoms with van der Waals surface area (Å²) in [5, 5.41) is 2.91. The molecule has 4 rings (SSSR count). The van der Waals surface area contributed by atoms with Crippen molar-refractivity contribution in [3.63, 3.8) is 0 Å². The molecular formula is C16H16F2N4O2. The molecule has 8 heteroatoms. The van der Waals surface area contributed by atoms with Gasteiger partial charge in [0.2, 0.25) is 0 Å². The van der Waals surface area contributed by atoms with Crippen molar-refractivity contribution in [3.8, 4) is 0 Å². The van der Waals surface area contributed by atoms with Gasteiger partial charge in [0.15, 0.2) is 11.6 Å². The summed E-state index contributed by atoms with van der Waals surface area (Å²) >= 11 is 0. The Kier molecular flexibility index (Phi) is 3.68. The third-order valence-corrected chi connectivity index (χ3v) is 4.40. The number of nitrogens with zero attached hydrogens (tertiary/aromatic N) is 3. The van der Waals surface area contributed by atoms with Crippen LogP contribution in [-0.4, -0.2) is 35.4 Å². The van der Waals surface area contributed by atoms with Gasteiger partial charge in [-0.2, -0.15) is 4.98 Å². The molecule has 0 saturated carbocycles. The first-order valence-electron chi connectivity index (χ1n) is 7.76. The molecule has 2 aliphatic rings. The molecule has 0 aliphatic carbocycles. The average Bonchev–Trinajstić information content (AvgIpc) is 2.96. The van der Waals surface area contributed by atoms with Gasteiger partial charge >= 0.3 is 5.69 Å². The first kappa shape index (κ1) is 15.1. The van der Waals surface area contributed by atoms with E-state index in [1.165, 1.54) is 12.1 Å². The molecule has 1 N–H and O–H groups in total. The number of morpholine rings is 1. The zero-order valence-corrected chi connectivity index (χ0v) is 12.8. The van der Waals surface area contributed by atoms with Crippen molar-refractivity contribution in [1.82, 2.24) is 9.55 Å². The fourth-order valence-corrected chi connectivity index (χ4v) is 3.18. The van der Waals surface area contributed by atoms with E-state index in [9.17, 15) is 13.6 Å². The van der Waals surface area contributed by atoms with E-state index in [0.717, 1.165) is 11.9 Å². The quantitative estimate of drug-likeness (QED) is 0.918. The molecule has 0 bridgehead atoms. The number of anilines is 2. The molecule has 24 heavy (non-hydrogen) atoms. The van der Waals surface area contributed by atoms with E-state index in [4.69, 9.17) is 4.74 Å². The van der Waals surface area contributed by atoms with Gasteiger partial charge in [0, 0.05) is 24.7 Å². The van der Waals surface area contributed by atoms with Crippen LogP contribution in [0.1, 0.15) is 5.56 Å². The van der Waals surface area contributed by atoms with Crippen LogP contribution in [0.5, 0.6) is 0 Å². The highest BCUT2D eigenvalue weighted by Gasteiger charge is 2.33. The summed E-state index contributed by atoms with van der Waals surface area (Å²) in [4.78, 5) is 18.3. The normalized spacial score (nSPS) is 19.1. The lowest BCUT2D eigenvalue weighted by Crippen LogP contribution is -2.43. The Hall–Kier alpha value is -2.48. The molecule has 2 aliphatic heterocycles. The molecule has 2 aromatic rings. The van der Waals surface area contributed by atoms with Gasteiger partial charge in [-0.1, -0.05) is 12.1 Å². The number of ether oxygens (including phenoxy) is 1. The van der Waals surface area contributed by atoms with Crippen LogP contribution in [0.3, 0.4) is 0 Å². The highest BCUT2D eigenvalue weighted by molar-refractivity contribution is 5.53. The Labute approximate surface area is 136 Å². The standard InChI is InChI=1S/C16H16F2N4O2/c17-12-3-1-2-10(15(12)18)7-19-13-6-14-21-4-5-24-9-11(21)8-22(14)16(23)20-13/h1-3,6,11H,4-5,7-9H2,(H,19,20,23)/t11-/m1/s1. The first-order valence-corrected chi connectivity index (χ1v) is 7.76. The molecule has 3 heterocycles. The van der Waals surface area contributed by atoms with Crippen molar-refractivity contribution in [2.75, 3.05) is 30.0 Å². The number of aromatic nitrogens is 2. The van der Waals surface area contributed by atoms with E-state index in [1.807, 2.05) is 0 Å². The number of halogens is 2. The van der Waals surface area contributed by atoms with E-state index in [0.29, 0.717) is 32.1 Å². The van der Waals surface area contributed by atoms with Crippen LogP contribution in [0.25, 0.3) is 0 Å². The van der Waals surface area contributed by atoms with Gasteiger partial charge in [0.05, 0.1) is 25.8 Å². The number of benzene rings is 1. The van der Waals surface area contributed by atoms with Crippen molar-refractivity contribution in [1.29, 1.82) is 0 Å². The van der Waals surface area contributed by atoms with Gasteiger partial charge in [-0.3, -0.25) is 4.57 Å². The second-order valence-corrected chi connectivity index (χ2v) is 5.88. The molecular weight excluding hydrogens is 318 g/mol. The third-order valence-electron chi connectivity index (χ3n) is 4.40. The van der Waals surface area contributed by atoms with Crippen LogP contribution in [0.2, 0.25) is 0 Å². The molecule has 0 amide bonds. The molecule has 126 valence electrons. The summed E-state index contributed by atoms with van der Waals surface area (Å²) < 4.78 is 34.0. The Morgan fingerprint density at radius 2 is 2.25 bits per heavy atom. The topological polar surface area (TPSA) is 59.4 Å². The summed E-state index contributed by atoms with van der Waals surface area (Å²) in [7, 11) is 0. The molecule has 1 aromatic carbocycles. The molecule has 0 unspecified atom stereocenters. The number of hydrogen-bond donors (Lipinski definition) is 1. The van der Waals surface area contributed by atoms with E-state index in [-0.39, 0.29) is 23.8 Å². The van der Waals surface area contributed by atoms with Crippen molar-refractivity contribution < 1.29 is 13.5 Å². The van der Waals surface area contributed by atoms with Crippen molar-refractivity contribution in [3.05, 3.63) is 51.9 Å². The molecule has 1 saturated heterocycles. The second-order valence-electron chi connectivity index (χ2n) is 5.88. The summed E-state index contributed by atoms with van der Waals surface area (Å²) in [6, 6.07) is 5.91. The Balaban J connectivity index is 1.58. The summed E-state index contributed by atoms with van der Waals surface area (Å²) in [5.41, 5.74) is -0.175. The van der Waals surface area contributed by atoms with Crippen LogP contribution in [-0.2, 0) is 17.8 Å². The molecule has 0 spiro atoms. The smallest absolute Gasteiger partial charge is 0.351 e. The van der Waals surface area contributed by atoms with E-state index >= 15 is 0 Å². The van der Waals surface area contributed by atoms with Gasteiger partial charge in [-0.05, 0) is 6.07 Å². The molecule has 0 radical (unpaired) electrons. The van der Waals surface area contributed by atoms with Crippen molar-refractivity contribution in [2.24, 2.45) is 0 Å². The van der Waals surface area contributed by atoms with Crippen LogP contribution in [0, 0.1) is 11.6 Å². The zero-order valence-electron chi connectivity index (χ0n) is 12.8. The largest absolute Gasteiger partial charge is 0.377 e. The highest BCUT2D eigenvalue weighted by Crippen LogP contribution is 2.27. The van der Waals surface area contributed by atoms with Crippen molar-refractivity contribution >= 4 is 11.6 Å². The minimum Gasteiger partial charge on any atom is -0.377 e. The van der Waals surface area contributed by atoms with Gasteiger partial charge in [0.1, 0.15) is 11.6 Å². The number of hydrogen-bond acceptors (Lipinski definition) is 5. The van der Waals surface area contributed by atoms with E-state index in [1.54, 1.807) is 10.6 Å². The monoisotopic (exact) mass is 334 g/mol. The Morgan fingerprint density at radius 1 is 1.38 bits per heavy atom. The SMILES string of the molecule is O=c1nc(NCc2cccc(F)c2F)cc2n1C[C@@H]1COCCN21. The number of fused-ring (bicyclic) bond motifs is 3. The first-order chi connectivity index (χ1) is 11.6. The lowest BCUT2D eigenvalue weighted by atomic mass is 10.2. The lowest BCUT2D eigenvalue weighted by Gasteiger charge is -2.30. The second kappa shape index (κ2) is 5.86. The van der Waals surface area contributed by atoms with Crippen LogP contribution >= 0.6 is 0 Å². The van der Waals surface area contributed by atoms with Gasteiger partial charge < -0.3 is 15.0 Å². The minimum atomic E-state index is -0.896. The van der Waals surface area contributed by atoms with Crippen LogP contribution in [0.4, 0.5) is 20.4 Å². The average molecular weight is 334 g/mol. The zero-order chi connectivity index (χ0) is 16.7. The molecule has 1 aromatic heterocycles. The minimum absolute atomic E-state index is 0.0476. The number of nitrogens with one attached hydrogen (secondary N) is 1. The number of rotatable bonds is 3. The van der Waals surface area contributed by atoms with Gasteiger partial charge in [0.25, 0.3) is 0 Å². The summed E-state index contributed by atoms with van der Waals surface area (Å²) in [6.07, 6.45) is 0. The van der Waals surface area contributed by atoms with Gasteiger partial charge in [-0.25, -0.2) is 13.6 Å². The molecule has 1 fully saturated rings. The predicted molar refractivity (Wildman–Crippen MR) is 84.1 cm³/mol. The maximum Gasteiger partial charge on any atom is 0.351 e. The maximum atomic E-state index is 13.7.